The molecule has 0 spiro atoms. The lowest BCUT2D eigenvalue weighted by Crippen LogP contribution is -2.56. The number of hydrogen-bond acceptors (Lipinski definition) is 2. The minimum Gasteiger partial charge on any atom is -0.310 e. The van der Waals surface area contributed by atoms with Gasteiger partial charge in [-0.3, -0.25) is 0 Å². The van der Waals surface area contributed by atoms with Crippen molar-refractivity contribution in [3.8, 4) is 0 Å². The van der Waals surface area contributed by atoms with Gasteiger partial charge in [-0.1, -0.05) is 139 Å². The van der Waals surface area contributed by atoms with Gasteiger partial charge in [0.15, 0.2) is 0 Å². The van der Waals surface area contributed by atoms with Crippen molar-refractivity contribution in [1.29, 1.82) is 0 Å². The Morgan fingerprint density at radius 2 is 0.696 bits per heavy atom. The molecule has 2 heteroatoms. The number of hydrogen-bond donors (Lipinski definition) is 0. The third-order valence-corrected chi connectivity index (χ3v) is 13.5. The van der Waals surface area contributed by atoms with Crippen LogP contribution in [0, 0.1) is 23.7 Å². The molecule has 0 N–H and O–H groups in total. The fourth-order valence-corrected chi connectivity index (χ4v) is 11.4. The lowest BCUT2D eigenvalue weighted by molar-refractivity contribution is -0.0419. The summed E-state index contributed by atoms with van der Waals surface area (Å²) >= 11 is 0. The second kappa shape index (κ2) is 14.1. The molecule has 4 aliphatic rings. The summed E-state index contributed by atoms with van der Waals surface area (Å²) in [5, 5.41) is 0. The van der Waals surface area contributed by atoms with E-state index in [-0.39, 0.29) is 16.2 Å². The monoisotopic (exact) mass is 734 g/mol. The van der Waals surface area contributed by atoms with Crippen LogP contribution in [0.3, 0.4) is 0 Å². The molecule has 0 amide bonds. The highest BCUT2D eigenvalue weighted by Crippen LogP contribution is 2.66. The standard InChI is InChI=1S/C54H58N2/c1-52(2,3)48-36-40(27-29-50(48)55(44-19-11-7-12-20-44)45-21-13-8-14-22-45)54(42-32-38-31-39(34-42)35-43(54)33-38)41-28-30-51(49(37-41)53(4,5)6)56(46-23-15-9-16-24-46)47-25-17-10-18-26-47/h7-30,36-39,42-43H,31-35H2,1-6H3. The molecule has 0 aromatic heterocycles. The van der Waals surface area contributed by atoms with Gasteiger partial charge in [-0.2, -0.15) is 0 Å². The quantitative estimate of drug-likeness (QED) is 0.154. The highest BCUT2D eigenvalue weighted by molar-refractivity contribution is 5.81. The van der Waals surface area contributed by atoms with Crippen LogP contribution in [0.25, 0.3) is 0 Å². The Kier molecular flexibility index (Phi) is 9.23. The molecule has 0 heterocycles. The lowest BCUT2D eigenvalue weighted by Gasteiger charge is -2.62. The Morgan fingerprint density at radius 3 is 0.982 bits per heavy atom. The zero-order valence-corrected chi connectivity index (χ0v) is 34.3. The van der Waals surface area contributed by atoms with Gasteiger partial charge in [0.05, 0.1) is 0 Å². The summed E-state index contributed by atoms with van der Waals surface area (Å²) in [6.45, 7) is 14.4. The van der Waals surface area contributed by atoms with Crippen molar-refractivity contribution in [2.24, 2.45) is 23.7 Å². The molecule has 2 nitrogen and oxygen atoms in total. The number of para-hydroxylation sites is 4. The topological polar surface area (TPSA) is 6.48 Å². The first kappa shape index (κ1) is 36.6. The van der Waals surface area contributed by atoms with Crippen molar-refractivity contribution >= 4 is 34.1 Å². The van der Waals surface area contributed by atoms with Crippen molar-refractivity contribution in [2.75, 3.05) is 9.80 Å². The van der Waals surface area contributed by atoms with Crippen molar-refractivity contribution < 1.29 is 0 Å². The van der Waals surface area contributed by atoms with Gasteiger partial charge in [0.1, 0.15) is 0 Å². The third kappa shape index (κ3) is 6.36. The number of anilines is 6. The van der Waals surface area contributed by atoms with Gasteiger partial charge in [-0.15, -0.1) is 0 Å². The van der Waals surface area contributed by atoms with E-state index in [1.807, 2.05) is 0 Å². The number of benzene rings is 6. The Labute approximate surface area is 336 Å². The first-order valence-corrected chi connectivity index (χ1v) is 21.1. The summed E-state index contributed by atoms with van der Waals surface area (Å²) in [4.78, 5) is 4.95. The summed E-state index contributed by atoms with van der Waals surface area (Å²) in [5.74, 6) is 3.00. The fraction of sp³-hybridized carbons (Fsp3) is 0.333. The van der Waals surface area contributed by atoms with Crippen LogP contribution in [-0.4, -0.2) is 0 Å². The number of nitrogens with zero attached hydrogens (tertiary/aromatic N) is 2. The summed E-state index contributed by atoms with van der Waals surface area (Å²) in [6, 6.07) is 59.1. The summed E-state index contributed by atoms with van der Waals surface area (Å²) in [7, 11) is 0. The zero-order valence-electron chi connectivity index (χ0n) is 34.3. The zero-order chi connectivity index (χ0) is 38.7. The maximum Gasteiger partial charge on any atom is 0.0499 e. The molecule has 0 atom stereocenters. The van der Waals surface area contributed by atoms with E-state index in [1.54, 1.807) is 0 Å². The van der Waals surface area contributed by atoms with Crippen LogP contribution in [0.5, 0.6) is 0 Å². The highest BCUT2D eigenvalue weighted by Gasteiger charge is 2.59. The van der Waals surface area contributed by atoms with E-state index >= 15 is 0 Å². The van der Waals surface area contributed by atoms with Crippen LogP contribution in [0.2, 0.25) is 0 Å². The Bertz CT molecular complexity index is 2030. The molecular weight excluding hydrogens is 677 g/mol. The maximum atomic E-state index is 2.67. The van der Waals surface area contributed by atoms with E-state index in [4.69, 9.17) is 0 Å². The first-order valence-electron chi connectivity index (χ1n) is 21.1. The molecule has 0 unspecified atom stereocenters. The second-order valence-electron chi connectivity index (χ2n) is 19.2. The molecule has 4 aliphatic carbocycles. The molecule has 56 heavy (non-hydrogen) atoms. The summed E-state index contributed by atoms with van der Waals surface area (Å²) < 4.78 is 0. The Hall–Kier alpha value is -5.08. The van der Waals surface area contributed by atoms with Crippen LogP contribution >= 0.6 is 0 Å². The lowest BCUT2D eigenvalue weighted by atomic mass is 9.42. The predicted octanol–water partition coefficient (Wildman–Crippen LogP) is 15.0. The molecule has 6 aromatic carbocycles. The summed E-state index contributed by atoms with van der Waals surface area (Å²) in [6.07, 6.45) is 6.80. The molecule has 4 saturated carbocycles. The van der Waals surface area contributed by atoms with E-state index in [0.717, 1.165) is 11.8 Å². The largest absolute Gasteiger partial charge is 0.310 e. The molecule has 0 aliphatic heterocycles. The van der Waals surface area contributed by atoms with Crippen LogP contribution in [0.15, 0.2) is 158 Å². The average molecular weight is 735 g/mol. The van der Waals surface area contributed by atoms with E-state index in [9.17, 15) is 0 Å². The van der Waals surface area contributed by atoms with Gasteiger partial charge in [0.25, 0.3) is 0 Å². The smallest absolute Gasteiger partial charge is 0.0499 e. The molecule has 4 fully saturated rings. The van der Waals surface area contributed by atoms with E-state index < -0.39 is 0 Å². The van der Waals surface area contributed by atoms with Crippen LogP contribution in [0.1, 0.15) is 95.9 Å². The van der Waals surface area contributed by atoms with Crippen LogP contribution < -0.4 is 9.80 Å². The fourth-order valence-electron chi connectivity index (χ4n) is 11.4. The first-order chi connectivity index (χ1) is 27.0. The van der Waals surface area contributed by atoms with Gasteiger partial charge in [0, 0.05) is 39.5 Å². The van der Waals surface area contributed by atoms with Gasteiger partial charge >= 0.3 is 0 Å². The Balaban J connectivity index is 1.27. The SMILES string of the molecule is CC(C)(C)c1cc(C2(c3ccc(N(c4ccccc4)c4ccccc4)c(C(C)(C)C)c3)C3CC4CC(C3)CC2C4)ccc1N(c1ccccc1)c1ccccc1. The van der Waals surface area contributed by atoms with Crippen LogP contribution in [0.4, 0.5) is 34.1 Å². The molecule has 0 radical (unpaired) electrons. The molecule has 6 aromatic rings. The van der Waals surface area contributed by atoms with E-state index in [1.165, 1.54) is 88.5 Å². The summed E-state index contributed by atoms with van der Waals surface area (Å²) in [5.41, 5.74) is 13.0. The molecule has 4 bridgehead atoms. The van der Waals surface area contributed by atoms with E-state index in [0.29, 0.717) is 11.8 Å². The molecule has 0 saturated heterocycles. The minimum atomic E-state index is -0.0768. The second-order valence-corrected chi connectivity index (χ2v) is 19.2. The molecule has 284 valence electrons. The maximum absolute atomic E-state index is 2.67. The average Bonchev–Trinajstić information content (AvgIpc) is 3.19. The highest BCUT2D eigenvalue weighted by atomic mass is 15.2. The normalized spacial score (nSPS) is 21.2. The Morgan fingerprint density at radius 1 is 0.393 bits per heavy atom. The van der Waals surface area contributed by atoms with Crippen LogP contribution in [-0.2, 0) is 16.2 Å². The predicted molar refractivity (Wildman–Crippen MR) is 237 cm³/mol. The van der Waals surface area contributed by atoms with Gasteiger partial charge in [0.2, 0.25) is 0 Å². The molecular formula is C54H58N2. The van der Waals surface area contributed by atoms with Crippen molar-refractivity contribution in [3.05, 3.63) is 180 Å². The van der Waals surface area contributed by atoms with Gasteiger partial charge in [-0.25, -0.2) is 0 Å². The minimum absolute atomic E-state index is 0.0425. The van der Waals surface area contributed by atoms with Crippen molar-refractivity contribution in [3.63, 3.8) is 0 Å². The van der Waals surface area contributed by atoms with Crippen molar-refractivity contribution in [1.82, 2.24) is 0 Å². The number of rotatable bonds is 8. The van der Waals surface area contributed by atoms with Crippen molar-refractivity contribution in [2.45, 2.75) is 89.9 Å². The van der Waals surface area contributed by atoms with E-state index in [2.05, 4.69) is 209 Å². The third-order valence-electron chi connectivity index (χ3n) is 13.5. The molecule has 10 rings (SSSR count). The van der Waals surface area contributed by atoms with Gasteiger partial charge in [-0.05, 0) is 150 Å². The van der Waals surface area contributed by atoms with Gasteiger partial charge < -0.3 is 9.80 Å².